The van der Waals surface area contributed by atoms with Crippen LogP contribution in [0.2, 0.25) is 0 Å². The van der Waals surface area contributed by atoms with E-state index in [0.717, 1.165) is 0 Å². The van der Waals surface area contributed by atoms with E-state index >= 15 is 0 Å². The molecule has 0 radical (unpaired) electrons. The standard InChI is InChI=1S/C17H25N3O4.ClH/c1-23-14-6-5-13(12-15(14)24-2)17(22)20-10-8-19(9-11-20)16(21)4-3-7-18;/h5-6,12H,3-4,7-11,18H2,1-2H3;1H. The Morgan fingerprint density at radius 2 is 1.64 bits per heavy atom. The van der Waals surface area contributed by atoms with Gasteiger partial charge in [-0.3, -0.25) is 9.59 Å². The van der Waals surface area contributed by atoms with E-state index in [1.165, 1.54) is 7.11 Å². The van der Waals surface area contributed by atoms with Crippen molar-refractivity contribution in [1.82, 2.24) is 9.80 Å². The van der Waals surface area contributed by atoms with Crippen molar-refractivity contribution in [2.24, 2.45) is 5.73 Å². The fourth-order valence-corrected chi connectivity index (χ4v) is 2.72. The third kappa shape index (κ3) is 5.24. The number of nitrogens with two attached hydrogens (primary N) is 1. The molecular formula is C17H26ClN3O4. The van der Waals surface area contributed by atoms with Gasteiger partial charge in [-0.25, -0.2) is 0 Å². The average Bonchev–Trinajstić information content (AvgIpc) is 2.64. The molecule has 7 nitrogen and oxygen atoms in total. The number of nitrogens with zero attached hydrogens (tertiary/aromatic N) is 2. The molecule has 0 aliphatic carbocycles. The zero-order valence-electron chi connectivity index (χ0n) is 14.7. The van der Waals surface area contributed by atoms with Crippen molar-refractivity contribution in [3.63, 3.8) is 0 Å². The monoisotopic (exact) mass is 371 g/mol. The Hall–Kier alpha value is -1.99. The van der Waals surface area contributed by atoms with Crippen molar-refractivity contribution in [2.75, 3.05) is 46.9 Å². The summed E-state index contributed by atoms with van der Waals surface area (Å²) in [5.41, 5.74) is 5.99. The van der Waals surface area contributed by atoms with E-state index in [9.17, 15) is 9.59 Å². The molecule has 0 saturated carbocycles. The van der Waals surface area contributed by atoms with Gasteiger partial charge in [0.15, 0.2) is 11.5 Å². The smallest absolute Gasteiger partial charge is 0.254 e. The molecule has 8 heteroatoms. The average molecular weight is 372 g/mol. The molecule has 1 aliphatic rings. The summed E-state index contributed by atoms with van der Waals surface area (Å²) < 4.78 is 10.4. The molecule has 2 N–H and O–H groups in total. The number of hydrogen-bond acceptors (Lipinski definition) is 5. The van der Waals surface area contributed by atoms with Gasteiger partial charge in [-0.15, -0.1) is 12.4 Å². The minimum Gasteiger partial charge on any atom is -0.493 e. The third-order valence-corrected chi connectivity index (χ3v) is 4.14. The summed E-state index contributed by atoms with van der Waals surface area (Å²) >= 11 is 0. The summed E-state index contributed by atoms with van der Waals surface area (Å²) in [6.45, 7) is 2.69. The zero-order chi connectivity index (χ0) is 17.5. The summed E-state index contributed by atoms with van der Waals surface area (Å²) in [6.07, 6.45) is 1.17. The number of amides is 2. The lowest BCUT2D eigenvalue weighted by molar-refractivity contribution is -0.132. The Balaban J connectivity index is 0.00000312. The number of benzene rings is 1. The maximum atomic E-state index is 12.6. The minimum absolute atomic E-state index is 0. The second-order valence-electron chi connectivity index (χ2n) is 5.63. The Morgan fingerprint density at radius 3 is 2.20 bits per heavy atom. The molecule has 140 valence electrons. The van der Waals surface area contributed by atoms with Crippen LogP contribution in [0, 0.1) is 0 Å². The van der Waals surface area contributed by atoms with Crippen LogP contribution in [0.5, 0.6) is 11.5 Å². The van der Waals surface area contributed by atoms with E-state index in [4.69, 9.17) is 15.2 Å². The molecule has 1 aliphatic heterocycles. The number of methoxy groups -OCH3 is 2. The van der Waals surface area contributed by atoms with Gasteiger partial charge in [-0.05, 0) is 31.2 Å². The van der Waals surface area contributed by atoms with Crippen molar-refractivity contribution in [2.45, 2.75) is 12.8 Å². The molecule has 1 saturated heterocycles. The Labute approximate surface area is 154 Å². The second-order valence-corrected chi connectivity index (χ2v) is 5.63. The highest BCUT2D eigenvalue weighted by atomic mass is 35.5. The molecule has 0 unspecified atom stereocenters. The van der Waals surface area contributed by atoms with Crippen LogP contribution in [0.25, 0.3) is 0 Å². The summed E-state index contributed by atoms with van der Waals surface area (Å²) in [6, 6.07) is 5.13. The largest absolute Gasteiger partial charge is 0.493 e. The first-order valence-corrected chi connectivity index (χ1v) is 8.09. The van der Waals surface area contributed by atoms with Crippen molar-refractivity contribution in [3.8, 4) is 11.5 Å². The topological polar surface area (TPSA) is 85.1 Å². The molecule has 1 aromatic carbocycles. The highest BCUT2D eigenvalue weighted by molar-refractivity contribution is 5.95. The van der Waals surface area contributed by atoms with Crippen LogP contribution in [0.1, 0.15) is 23.2 Å². The van der Waals surface area contributed by atoms with Crippen LogP contribution in [-0.4, -0.2) is 68.6 Å². The molecular weight excluding hydrogens is 346 g/mol. The zero-order valence-corrected chi connectivity index (χ0v) is 15.5. The number of carbonyl (C=O) groups excluding carboxylic acids is 2. The predicted octanol–water partition coefficient (Wildman–Crippen LogP) is 1.15. The first-order valence-electron chi connectivity index (χ1n) is 8.09. The highest BCUT2D eigenvalue weighted by Gasteiger charge is 2.25. The number of halogens is 1. The van der Waals surface area contributed by atoms with E-state index in [1.807, 2.05) is 0 Å². The van der Waals surface area contributed by atoms with Gasteiger partial charge in [0.1, 0.15) is 0 Å². The van der Waals surface area contributed by atoms with E-state index in [2.05, 4.69) is 0 Å². The summed E-state index contributed by atoms with van der Waals surface area (Å²) in [5.74, 6) is 1.16. The first-order chi connectivity index (χ1) is 11.6. The molecule has 25 heavy (non-hydrogen) atoms. The number of hydrogen-bond donors (Lipinski definition) is 1. The van der Waals surface area contributed by atoms with Gasteiger partial charge in [-0.2, -0.15) is 0 Å². The fraction of sp³-hybridized carbons (Fsp3) is 0.529. The van der Waals surface area contributed by atoms with E-state index < -0.39 is 0 Å². The normalized spacial score (nSPS) is 13.9. The van der Waals surface area contributed by atoms with Gasteiger partial charge in [-0.1, -0.05) is 0 Å². The second kappa shape index (κ2) is 10.1. The van der Waals surface area contributed by atoms with Crippen LogP contribution in [0.3, 0.4) is 0 Å². The predicted molar refractivity (Wildman–Crippen MR) is 97.6 cm³/mol. The first kappa shape index (κ1) is 21.1. The van der Waals surface area contributed by atoms with Crippen LogP contribution in [-0.2, 0) is 4.79 Å². The van der Waals surface area contributed by atoms with E-state index in [0.29, 0.717) is 62.6 Å². The maximum Gasteiger partial charge on any atom is 0.254 e. The summed E-state index contributed by atoms with van der Waals surface area (Å²) in [7, 11) is 3.10. The van der Waals surface area contributed by atoms with Gasteiger partial charge in [0.05, 0.1) is 14.2 Å². The Bertz CT molecular complexity index is 589. The Morgan fingerprint density at radius 1 is 1.04 bits per heavy atom. The molecule has 1 aromatic rings. The SMILES string of the molecule is COc1ccc(C(=O)N2CCN(C(=O)CCCN)CC2)cc1OC.Cl. The highest BCUT2D eigenvalue weighted by Crippen LogP contribution is 2.28. The summed E-state index contributed by atoms with van der Waals surface area (Å²) in [4.78, 5) is 28.2. The minimum atomic E-state index is -0.0648. The molecule has 0 bridgehead atoms. The van der Waals surface area contributed by atoms with Crippen molar-refractivity contribution >= 4 is 24.2 Å². The molecule has 1 heterocycles. The van der Waals surface area contributed by atoms with Crippen LogP contribution >= 0.6 is 12.4 Å². The van der Waals surface area contributed by atoms with E-state index in [1.54, 1.807) is 35.1 Å². The molecule has 2 amide bonds. The Kier molecular flexibility index (Phi) is 8.51. The van der Waals surface area contributed by atoms with Crippen molar-refractivity contribution < 1.29 is 19.1 Å². The third-order valence-electron chi connectivity index (χ3n) is 4.14. The van der Waals surface area contributed by atoms with Gasteiger partial charge >= 0.3 is 0 Å². The lowest BCUT2D eigenvalue weighted by atomic mass is 10.1. The van der Waals surface area contributed by atoms with Gasteiger partial charge in [0.2, 0.25) is 5.91 Å². The number of carbonyl (C=O) groups is 2. The lowest BCUT2D eigenvalue weighted by Gasteiger charge is -2.35. The molecule has 0 atom stereocenters. The molecule has 0 aromatic heterocycles. The van der Waals surface area contributed by atoms with Crippen molar-refractivity contribution in [1.29, 1.82) is 0 Å². The van der Waals surface area contributed by atoms with Crippen LogP contribution in [0.15, 0.2) is 18.2 Å². The van der Waals surface area contributed by atoms with Gasteiger partial charge in [0.25, 0.3) is 5.91 Å². The van der Waals surface area contributed by atoms with Gasteiger partial charge in [0, 0.05) is 38.2 Å². The number of ether oxygens (including phenoxy) is 2. The number of rotatable bonds is 6. The molecule has 2 rings (SSSR count). The number of piperazine rings is 1. The molecule has 1 fully saturated rings. The van der Waals surface area contributed by atoms with Gasteiger partial charge < -0.3 is 25.0 Å². The fourth-order valence-electron chi connectivity index (χ4n) is 2.72. The van der Waals surface area contributed by atoms with Crippen LogP contribution < -0.4 is 15.2 Å². The summed E-state index contributed by atoms with van der Waals surface area (Å²) in [5, 5.41) is 0. The maximum absolute atomic E-state index is 12.6. The quantitative estimate of drug-likeness (QED) is 0.810. The lowest BCUT2D eigenvalue weighted by Crippen LogP contribution is -2.50. The van der Waals surface area contributed by atoms with E-state index in [-0.39, 0.29) is 24.2 Å². The molecule has 0 spiro atoms. The van der Waals surface area contributed by atoms with Crippen molar-refractivity contribution in [3.05, 3.63) is 23.8 Å². The van der Waals surface area contributed by atoms with Crippen LogP contribution in [0.4, 0.5) is 0 Å².